The molecule has 0 fully saturated rings. The number of carbonyl (C=O) groups is 2. The fourth-order valence-electron chi connectivity index (χ4n) is 2.47. The van der Waals surface area contributed by atoms with Crippen LogP contribution in [0.2, 0.25) is 0 Å². The summed E-state index contributed by atoms with van der Waals surface area (Å²) < 4.78 is 0. The number of Topliss-reactive ketones (excluding diaryl/α,β-unsaturated/α-hetero) is 2. The maximum atomic E-state index is 12.6. The highest BCUT2D eigenvalue weighted by molar-refractivity contribution is 6.23. The lowest BCUT2D eigenvalue weighted by Gasteiger charge is -2.14. The van der Waals surface area contributed by atoms with Crippen molar-refractivity contribution < 1.29 is 24.9 Å². The Labute approximate surface area is 148 Å². The molecular formula is C20H26O5. The molecule has 3 N–H and O–H groups in total. The minimum Gasteiger partial charge on any atom is -0.506 e. The molecule has 0 saturated heterocycles. The molecule has 5 heteroatoms. The van der Waals surface area contributed by atoms with Crippen LogP contribution in [0.5, 0.6) is 11.5 Å². The third-order valence-corrected chi connectivity index (χ3v) is 4.03. The monoisotopic (exact) mass is 346 g/mol. The van der Waals surface area contributed by atoms with Gasteiger partial charge in [0.15, 0.2) is 23.1 Å². The van der Waals surface area contributed by atoms with E-state index in [0.717, 1.165) is 24.5 Å². The molecule has 5 nitrogen and oxygen atoms in total. The van der Waals surface area contributed by atoms with E-state index in [1.54, 1.807) is 0 Å². The maximum Gasteiger partial charge on any atom is 0.170 e. The summed E-state index contributed by atoms with van der Waals surface area (Å²) in [5.41, 5.74) is 0.989. The Morgan fingerprint density at radius 1 is 1.12 bits per heavy atom. The third-order valence-electron chi connectivity index (χ3n) is 4.03. The van der Waals surface area contributed by atoms with Crippen LogP contribution in [0.4, 0.5) is 0 Å². The first-order valence-electron chi connectivity index (χ1n) is 8.30. The summed E-state index contributed by atoms with van der Waals surface area (Å²) in [7, 11) is 0. The van der Waals surface area contributed by atoms with Gasteiger partial charge in [0.1, 0.15) is 11.3 Å². The van der Waals surface area contributed by atoms with Crippen LogP contribution >= 0.6 is 0 Å². The van der Waals surface area contributed by atoms with E-state index >= 15 is 0 Å². The lowest BCUT2D eigenvalue weighted by atomic mass is 9.90. The van der Waals surface area contributed by atoms with E-state index in [1.807, 2.05) is 20.8 Å². The van der Waals surface area contributed by atoms with E-state index in [4.69, 9.17) is 0 Å². The molecule has 0 aromatic heterocycles. The molecule has 0 unspecified atom stereocenters. The summed E-state index contributed by atoms with van der Waals surface area (Å²) in [4.78, 5) is 24.5. The first kappa shape index (κ1) is 20.5. The lowest BCUT2D eigenvalue weighted by Crippen LogP contribution is -2.16. The first-order valence-corrected chi connectivity index (χ1v) is 8.30. The van der Waals surface area contributed by atoms with Crippen molar-refractivity contribution in [2.45, 2.75) is 47.0 Å². The summed E-state index contributed by atoms with van der Waals surface area (Å²) >= 11 is 0. The van der Waals surface area contributed by atoms with Crippen LogP contribution in [0, 0.1) is 5.92 Å². The number of allylic oxidation sites excluding steroid dienone is 3. The molecule has 25 heavy (non-hydrogen) atoms. The maximum absolute atomic E-state index is 12.6. The Hall–Kier alpha value is -2.56. The molecule has 0 aliphatic rings. The van der Waals surface area contributed by atoms with Crippen LogP contribution in [-0.4, -0.2) is 26.9 Å². The second kappa shape index (κ2) is 9.06. The second-order valence-corrected chi connectivity index (χ2v) is 6.40. The molecule has 0 heterocycles. The highest BCUT2D eigenvalue weighted by atomic mass is 16.3. The number of hydrogen-bond donors (Lipinski definition) is 3. The molecule has 1 atom stereocenters. The van der Waals surface area contributed by atoms with Crippen molar-refractivity contribution in [3.05, 3.63) is 41.0 Å². The van der Waals surface area contributed by atoms with Crippen LogP contribution in [0.25, 0.3) is 5.76 Å². The Morgan fingerprint density at radius 3 is 2.24 bits per heavy atom. The van der Waals surface area contributed by atoms with Crippen LogP contribution in [0.3, 0.4) is 0 Å². The number of benzene rings is 1. The number of rotatable bonds is 8. The number of carbonyl (C=O) groups excluding carboxylic acids is 2. The zero-order valence-electron chi connectivity index (χ0n) is 15.2. The molecule has 136 valence electrons. The molecule has 1 aromatic rings. The zero-order chi connectivity index (χ0) is 19.1. The van der Waals surface area contributed by atoms with Gasteiger partial charge in [-0.1, -0.05) is 25.0 Å². The molecule has 0 bridgehead atoms. The van der Waals surface area contributed by atoms with Gasteiger partial charge in [0.2, 0.25) is 0 Å². The molecule has 0 aliphatic carbocycles. The topological polar surface area (TPSA) is 94.8 Å². The predicted octanol–water partition coefficient (Wildman–Crippen LogP) is 4.30. The van der Waals surface area contributed by atoms with Crippen molar-refractivity contribution in [2.75, 3.05) is 0 Å². The molecule has 0 amide bonds. The summed E-state index contributed by atoms with van der Waals surface area (Å²) in [6, 6.07) is 3.63. The normalized spacial score (nSPS) is 13.0. The molecule has 0 saturated carbocycles. The molecule has 0 radical (unpaired) electrons. The van der Waals surface area contributed by atoms with Gasteiger partial charge in [-0.2, -0.15) is 0 Å². The van der Waals surface area contributed by atoms with E-state index in [2.05, 4.69) is 6.08 Å². The smallest absolute Gasteiger partial charge is 0.170 e. The molecule has 0 aliphatic heterocycles. The first-order chi connectivity index (χ1) is 11.7. The average Bonchev–Trinajstić information content (AvgIpc) is 2.53. The highest BCUT2D eigenvalue weighted by Crippen LogP contribution is 2.29. The highest BCUT2D eigenvalue weighted by Gasteiger charge is 2.23. The van der Waals surface area contributed by atoms with E-state index in [0.29, 0.717) is 0 Å². The molecule has 0 spiro atoms. The number of phenolic OH excluding ortho intramolecular Hbond substituents is 2. The van der Waals surface area contributed by atoms with Crippen LogP contribution in [0.1, 0.15) is 52.5 Å². The minimum absolute atomic E-state index is 0.0813. The van der Waals surface area contributed by atoms with Crippen molar-refractivity contribution in [3.8, 4) is 11.5 Å². The number of hydrogen-bond acceptors (Lipinski definition) is 5. The standard InChI is InChI=1S/C20H26O5/c1-5-14(7-6-12(2)3)10-18(24)19(13(4)21)20(25)15-8-9-16(22)17(23)11-15/h6,8-9,11,14,22-23,25H,5,7,10H2,1-4H3/t14-/m1/s1. The van der Waals surface area contributed by atoms with Gasteiger partial charge in [0.25, 0.3) is 0 Å². The minimum atomic E-state index is -0.535. The molecule has 1 aromatic carbocycles. The van der Waals surface area contributed by atoms with Crippen molar-refractivity contribution in [2.24, 2.45) is 5.92 Å². The van der Waals surface area contributed by atoms with Gasteiger partial charge >= 0.3 is 0 Å². The van der Waals surface area contributed by atoms with Crippen molar-refractivity contribution in [1.82, 2.24) is 0 Å². The number of phenols is 2. The van der Waals surface area contributed by atoms with Gasteiger partial charge < -0.3 is 15.3 Å². The van der Waals surface area contributed by atoms with Crippen molar-refractivity contribution in [3.63, 3.8) is 0 Å². The second-order valence-electron chi connectivity index (χ2n) is 6.40. The van der Waals surface area contributed by atoms with Gasteiger partial charge in [-0.25, -0.2) is 0 Å². The number of aliphatic hydroxyl groups is 1. The fraction of sp³-hybridized carbons (Fsp3) is 0.400. The van der Waals surface area contributed by atoms with Crippen LogP contribution < -0.4 is 0 Å². The number of aromatic hydroxyl groups is 2. The quantitative estimate of drug-likeness (QED) is 0.163. The fourth-order valence-corrected chi connectivity index (χ4v) is 2.47. The summed E-state index contributed by atoms with van der Waals surface area (Å²) in [6.45, 7) is 7.17. The molecular weight excluding hydrogens is 320 g/mol. The van der Waals surface area contributed by atoms with Gasteiger partial charge in [-0.15, -0.1) is 0 Å². The largest absolute Gasteiger partial charge is 0.506 e. The number of ketones is 2. The lowest BCUT2D eigenvalue weighted by molar-refractivity contribution is -0.121. The summed E-state index contributed by atoms with van der Waals surface area (Å²) in [6.07, 6.45) is 3.72. The SMILES string of the molecule is CC[C@H](CC=C(C)C)CC(=O)C(C(C)=O)=C(O)c1ccc(O)c(O)c1. The predicted molar refractivity (Wildman–Crippen MR) is 97.5 cm³/mol. The third kappa shape index (κ3) is 5.78. The summed E-state index contributed by atoms with van der Waals surface area (Å²) in [5.74, 6) is -2.14. The molecule has 1 rings (SSSR count). The van der Waals surface area contributed by atoms with Gasteiger partial charge in [-0.05, 0) is 51.3 Å². The average molecular weight is 346 g/mol. The summed E-state index contributed by atoms with van der Waals surface area (Å²) in [5, 5.41) is 29.3. The van der Waals surface area contributed by atoms with Gasteiger partial charge in [0.05, 0.1) is 0 Å². The van der Waals surface area contributed by atoms with E-state index in [9.17, 15) is 24.9 Å². The van der Waals surface area contributed by atoms with Crippen molar-refractivity contribution in [1.29, 1.82) is 0 Å². The van der Waals surface area contributed by atoms with Gasteiger partial charge in [0, 0.05) is 12.0 Å². The van der Waals surface area contributed by atoms with Crippen LogP contribution in [-0.2, 0) is 9.59 Å². The van der Waals surface area contributed by atoms with E-state index in [-0.39, 0.29) is 29.2 Å². The number of aliphatic hydroxyl groups excluding tert-OH is 1. The van der Waals surface area contributed by atoms with E-state index < -0.39 is 23.1 Å². The Morgan fingerprint density at radius 2 is 1.76 bits per heavy atom. The Bertz CT molecular complexity index is 709. The Kier molecular flexibility index (Phi) is 7.43. The van der Waals surface area contributed by atoms with E-state index in [1.165, 1.54) is 19.1 Å². The Balaban J connectivity index is 3.16. The van der Waals surface area contributed by atoms with Crippen LogP contribution in [0.15, 0.2) is 35.4 Å². The van der Waals surface area contributed by atoms with Gasteiger partial charge in [-0.3, -0.25) is 9.59 Å². The van der Waals surface area contributed by atoms with Crippen molar-refractivity contribution >= 4 is 17.3 Å². The zero-order valence-corrected chi connectivity index (χ0v) is 15.2.